The molecule has 130 valence electrons. The highest BCUT2D eigenvalue weighted by Gasteiger charge is 2.17. The normalized spacial score (nSPS) is 12.0. The Morgan fingerprint density at radius 3 is 2.72 bits per heavy atom. The molecule has 2 aromatic carbocycles. The van der Waals surface area contributed by atoms with Gasteiger partial charge in [0.15, 0.2) is 17.3 Å². The maximum Gasteiger partial charge on any atom is 0.181 e. The lowest BCUT2D eigenvalue weighted by Gasteiger charge is -2.13. The van der Waals surface area contributed by atoms with E-state index in [1.165, 1.54) is 0 Å². The summed E-state index contributed by atoms with van der Waals surface area (Å²) in [6.07, 6.45) is 0. The number of nitrogens with zero attached hydrogens (tertiary/aromatic N) is 2. The van der Waals surface area contributed by atoms with E-state index in [1.807, 2.05) is 56.3 Å². The van der Waals surface area contributed by atoms with Crippen LogP contribution in [0.25, 0.3) is 11.4 Å². The molecule has 0 aliphatic rings. The third-order valence-electron chi connectivity index (χ3n) is 3.92. The van der Waals surface area contributed by atoms with Crippen molar-refractivity contribution in [2.24, 2.45) is 5.73 Å². The quantitative estimate of drug-likeness (QED) is 0.720. The molecule has 6 heteroatoms. The molecule has 0 saturated heterocycles. The monoisotopic (exact) mass is 338 g/mol. The number of nitrogens with one attached hydrogen (secondary N) is 1. The fourth-order valence-corrected chi connectivity index (χ4v) is 2.64. The highest BCUT2D eigenvalue weighted by Crippen LogP contribution is 2.31. The standard InChI is InChI=1S/C19H22N4O2/c1-4-25-15-9-8-13(11-16(15)24-3)17(20)19-21-18(22-23-19)14-7-5-6-12(2)10-14/h5-11,17H,4,20H2,1-3H3,(H,21,22,23)/t17-/m0/s1. The van der Waals surface area contributed by atoms with Gasteiger partial charge in [0.1, 0.15) is 5.82 Å². The van der Waals surface area contributed by atoms with Crippen LogP contribution in [0.5, 0.6) is 11.5 Å². The molecule has 25 heavy (non-hydrogen) atoms. The lowest BCUT2D eigenvalue weighted by Crippen LogP contribution is -2.14. The molecule has 0 fully saturated rings. The van der Waals surface area contributed by atoms with E-state index in [-0.39, 0.29) is 0 Å². The van der Waals surface area contributed by atoms with Crippen LogP contribution in [0.1, 0.15) is 29.9 Å². The summed E-state index contributed by atoms with van der Waals surface area (Å²) in [5.74, 6) is 2.57. The number of benzene rings is 2. The summed E-state index contributed by atoms with van der Waals surface area (Å²) in [6, 6.07) is 13.2. The lowest BCUT2D eigenvalue weighted by molar-refractivity contribution is 0.310. The maximum atomic E-state index is 6.36. The zero-order chi connectivity index (χ0) is 17.8. The first-order valence-corrected chi connectivity index (χ1v) is 8.18. The van der Waals surface area contributed by atoms with Gasteiger partial charge in [-0.3, -0.25) is 5.10 Å². The molecular formula is C19H22N4O2. The number of hydrogen-bond donors (Lipinski definition) is 2. The van der Waals surface area contributed by atoms with Gasteiger partial charge in [-0.1, -0.05) is 29.8 Å². The second-order valence-electron chi connectivity index (χ2n) is 5.73. The molecule has 1 atom stereocenters. The van der Waals surface area contributed by atoms with E-state index in [9.17, 15) is 0 Å². The van der Waals surface area contributed by atoms with E-state index in [0.717, 1.165) is 16.7 Å². The van der Waals surface area contributed by atoms with Crippen LogP contribution in [-0.4, -0.2) is 28.9 Å². The summed E-state index contributed by atoms with van der Waals surface area (Å²) in [7, 11) is 1.61. The summed E-state index contributed by atoms with van der Waals surface area (Å²) < 4.78 is 10.9. The van der Waals surface area contributed by atoms with Crippen molar-refractivity contribution in [2.45, 2.75) is 19.9 Å². The second-order valence-corrected chi connectivity index (χ2v) is 5.73. The largest absolute Gasteiger partial charge is 0.493 e. The predicted octanol–water partition coefficient (Wildman–Crippen LogP) is 3.24. The van der Waals surface area contributed by atoms with Crippen molar-refractivity contribution in [1.82, 2.24) is 15.2 Å². The Balaban J connectivity index is 1.87. The molecule has 0 aliphatic carbocycles. The molecular weight excluding hydrogens is 316 g/mol. The highest BCUT2D eigenvalue weighted by atomic mass is 16.5. The number of aromatic nitrogens is 3. The number of rotatable bonds is 6. The molecule has 3 rings (SSSR count). The van der Waals surface area contributed by atoms with E-state index in [0.29, 0.717) is 29.8 Å². The minimum Gasteiger partial charge on any atom is -0.493 e. The van der Waals surface area contributed by atoms with Crippen LogP contribution in [0.3, 0.4) is 0 Å². The van der Waals surface area contributed by atoms with Gasteiger partial charge in [-0.25, -0.2) is 4.98 Å². The second kappa shape index (κ2) is 7.36. The molecule has 0 spiro atoms. The van der Waals surface area contributed by atoms with E-state index < -0.39 is 6.04 Å². The predicted molar refractivity (Wildman–Crippen MR) is 96.7 cm³/mol. The third-order valence-corrected chi connectivity index (χ3v) is 3.92. The van der Waals surface area contributed by atoms with Gasteiger partial charge in [-0.15, -0.1) is 0 Å². The topological polar surface area (TPSA) is 86.0 Å². The van der Waals surface area contributed by atoms with Gasteiger partial charge in [0, 0.05) is 5.56 Å². The van der Waals surface area contributed by atoms with Gasteiger partial charge in [-0.2, -0.15) is 5.10 Å². The third kappa shape index (κ3) is 3.64. The molecule has 1 aromatic heterocycles. The van der Waals surface area contributed by atoms with Gasteiger partial charge in [0.05, 0.1) is 19.8 Å². The van der Waals surface area contributed by atoms with Crippen molar-refractivity contribution in [3.05, 3.63) is 59.4 Å². The smallest absolute Gasteiger partial charge is 0.181 e. The molecule has 1 heterocycles. The van der Waals surface area contributed by atoms with Crippen LogP contribution in [0.4, 0.5) is 0 Å². The molecule has 0 aliphatic heterocycles. The molecule has 3 aromatic rings. The number of hydrogen-bond acceptors (Lipinski definition) is 5. The first-order chi connectivity index (χ1) is 12.1. The Morgan fingerprint density at radius 2 is 2.00 bits per heavy atom. The molecule has 0 saturated carbocycles. The number of nitrogens with two attached hydrogens (primary N) is 1. The summed E-state index contributed by atoms with van der Waals surface area (Å²) in [6.45, 7) is 4.54. The van der Waals surface area contributed by atoms with E-state index >= 15 is 0 Å². The van der Waals surface area contributed by atoms with Gasteiger partial charge in [0.25, 0.3) is 0 Å². The van der Waals surface area contributed by atoms with E-state index in [1.54, 1.807) is 7.11 Å². The molecule has 0 bridgehead atoms. The van der Waals surface area contributed by atoms with Crippen molar-refractivity contribution in [3.8, 4) is 22.9 Å². The molecule has 0 amide bonds. The Morgan fingerprint density at radius 1 is 1.16 bits per heavy atom. The number of ether oxygens (including phenoxy) is 2. The summed E-state index contributed by atoms with van der Waals surface area (Å²) in [4.78, 5) is 4.55. The van der Waals surface area contributed by atoms with Crippen LogP contribution in [0.2, 0.25) is 0 Å². The van der Waals surface area contributed by atoms with Gasteiger partial charge < -0.3 is 15.2 Å². The Labute approximate surface area is 147 Å². The van der Waals surface area contributed by atoms with Crippen LogP contribution in [-0.2, 0) is 0 Å². The van der Waals surface area contributed by atoms with Crippen LogP contribution >= 0.6 is 0 Å². The summed E-state index contributed by atoms with van der Waals surface area (Å²) >= 11 is 0. The van der Waals surface area contributed by atoms with E-state index in [2.05, 4.69) is 15.2 Å². The van der Waals surface area contributed by atoms with Crippen molar-refractivity contribution < 1.29 is 9.47 Å². The Hall–Kier alpha value is -2.86. The van der Waals surface area contributed by atoms with Crippen molar-refractivity contribution in [2.75, 3.05) is 13.7 Å². The highest BCUT2D eigenvalue weighted by molar-refractivity contribution is 5.55. The first-order valence-electron chi connectivity index (χ1n) is 8.18. The Kier molecular flexibility index (Phi) is 5.00. The molecule has 0 unspecified atom stereocenters. The molecule has 0 radical (unpaired) electrons. The van der Waals surface area contributed by atoms with Crippen LogP contribution in [0.15, 0.2) is 42.5 Å². The van der Waals surface area contributed by atoms with Crippen molar-refractivity contribution in [3.63, 3.8) is 0 Å². The number of aromatic amines is 1. The first kappa shape index (κ1) is 17.0. The number of aryl methyl sites for hydroxylation is 1. The van der Waals surface area contributed by atoms with Gasteiger partial charge >= 0.3 is 0 Å². The number of H-pyrrole nitrogens is 1. The number of methoxy groups -OCH3 is 1. The average Bonchev–Trinajstić information content (AvgIpc) is 3.12. The zero-order valence-electron chi connectivity index (χ0n) is 14.6. The zero-order valence-corrected chi connectivity index (χ0v) is 14.6. The average molecular weight is 338 g/mol. The lowest BCUT2D eigenvalue weighted by atomic mass is 10.1. The molecule has 3 N–H and O–H groups in total. The summed E-state index contributed by atoms with van der Waals surface area (Å²) in [5.41, 5.74) is 9.34. The van der Waals surface area contributed by atoms with Crippen LogP contribution in [0, 0.1) is 6.92 Å². The fraction of sp³-hybridized carbons (Fsp3) is 0.263. The Bertz CT molecular complexity index is 860. The van der Waals surface area contributed by atoms with Gasteiger partial charge in [0.2, 0.25) is 0 Å². The van der Waals surface area contributed by atoms with Crippen LogP contribution < -0.4 is 15.2 Å². The maximum absolute atomic E-state index is 6.36. The van der Waals surface area contributed by atoms with Gasteiger partial charge in [-0.05, 0) is 37.6 Å². The SMILES string of the molecule is CCOc1ccc([C@H](N)c2nc(-c3cccc(C)c3)n[nH]2)cc1OC. The summed E-state index contributed by atoms with van der Waals surface area (Å²) in [5, 5.41) is 7.23. The fourth-order valence-electron chi connectivity index (χ4n) is 2.64. The molecule has 6 nitrogen and oxygen atoms in total. The minimum absolute atomic E-state index is 0.435. The van der Waals surface area contributed by atoms with Crippen molar-refractivity contribution in [1.29, 1.82) is 0 Å². The van der Waals surface area contributed by atoms with Crippen molar-refractivity contribution >= 4 is 0 Å². The minimum atomic E-state index is -0.435. The van der Waals surface area contributed by atoms with E-state index in [4.69, 9.17) is 15.2 Å².